The summed E-state index contributed by atoms with van der Waals surface area (Å²) in [5.74, 6) is 0.256. The number of thiazole rings is 1. The van der Waals surface area contributed by atoms with Gasteiger partial charge in [-0.2, -0.15) is 0 Å². The lowest BCUT2D eigenvalue weighted by molar-refractivity contribution is 0.234. The predicted octanol–water partition coefficient (Wildman–Crippen LogP) is 0.00762. The van der Waals surface area contributed by atoms with Gasteiger partial charge >= 0.3 is 0 Å². The zero-order valence-electron chi connectivity index (χ0n) is 9.96. The first-order valence-corrected chi connectivity index (χ1v) is 8.15. The molecule has 0 aliphatic carbocycles. The van der Waals surface area contributed by atoms with Gasteiger partial charge in [-0.15, -0.1) is 11.3 Å². The minimum atomic E-state index is -2.96. The first-order chi connectivity index (χ1) is 7.87. The number of nitrogens with two attached hydrogens (primary N) is 1. The van der Waals surface area contributed by atoms with Crippen LogP contribution in [0.15, 0.2) is 5.38 Å². The molecular weight excluding hydrogens is 258 g/mol. The van der Waals surface area contributed by atoms with Crippen molar-refractivity contribution in [1.82, 2.24) is 9.88 Å². The lowest BCUT2D eigenvalue weighted by Crippen LogP contribution is -2.44. The van der Waals surface area contributed by atoms with Crippen LogP contribution in [0.1, 0.15) is 10.7 Å². The lowest BCUT2D eigenvalue weighted by Gasteiger charge is -2.25. The smallest absolute Gasteiger partial charge is 0.153 e. The maximum Gasteiger partial charge on any atom is 0.153 e. The highest BCUT2D eigenvalue weighted by atomic mass is 32.2. The Morgan fingerprint density at radius 1 is 1.59 bits per heavy atom. The normalized spacial score (nSPS) is 27.8. The Morgan fingerprint density at radius 2 is 2.29 bits per heavy atom. The van der Waals surface area contributed by atoms with Gasteiger partial charge in [0.1, 0.15) is 0 Å². The van der Waals surface area contributed by atoms with E-state index in [9.17, 15) is 8.42 Å². The van der Waals surface area contributed by atoms with Gasteiger partial charge < -0.3 is 5.73 Å². The van der Waals surface area contributed by atoms with E-state index in [-0.39, 0.29) is 23.6 Å². The molecule has 0 radical (unpaired) electrons. The Bertz CT molecular complexity index is 497. The van der Waals surface area contributed by atoms with Crippen LogP contribution in [0.2, 0.25) is 0 Å². The average Bonchev–Trinajstić information content (AvgIpc) is 2.70. The molecule has 1 aliphatic heterocycles. The van der Waals surface area contributed by atoms with Gasteiger partial charge in [0.05, 0.1) is 22.2 Å². The maximum atomic E-state index is 11.5. The molecule has 0 saturated carbocycles. The number of nitrogens with zero attached hydrogens (tertiary/aromatic N) is 2. The van der Waals surface area contributed by atoms with Crippen LogP contribution < -0.4 is 5.73 Å². The van der Waals surface area contributed by atoms with E-state index in [1.165, 1.54) is 0 Å². The van der Waals surface area contributed by atoms with Crippen LogP contribution in [0.3, 0.4) is 0 Å². The van der Waals surface area contributed by atoms with Gasteiger partial charge in [0.2, 0.25) is 0 Å². The number of sulfone groups is 1. The SMILES string of the molecule is Cc1nc(CN(C)C2CS(=O)(=O)CC2N)cs1. The molecule has 2 N–H and O–H groups in total. The zero-order chi connectivity index (χ0) is 12.6. The van der Waals surface area contributed by atoms with Crippen molar-refractivity contribution in [2.45, 2.75) is 25.6 Å². The summed E-state index contributed by atoms with van der Waals surface area (Å²) in [5.41, 5.74) is 6.85. The Morgan fingerprint density at radius 3 is 2.76 bits per heavy atom. The fourth-order valence-electron chi connectivity index (χ4n) is 2.16. The zero-order valence-corrected chi connectivity index (χ0v) is 11.6. The van der Waals surface area contributed by atoms with Crippen molar-refractivity contribution in [1.29, 1.82) is 0 Å². The average molecular weight is 275 g/mol. The van der Waals surface area contributed by atoms with E-state index in [2.05, 4.69) is 4.98 Å². The monoisotopic (exact) mass is 275 g/mol. The molecule has 0 spiro atoms. The number of hydrogen-bond acceptors (Lipinski definition) is 6. The van der Waals surface area contributed by atoms with Gasteiger partial charge in [-0.25, -0.2) is 13.4 Å². The van der Waals surface area contributed by atoms with E-state index < -0.39 is 9.84 Å². The fraction of sp³-hybridized carbons (Fsp3) is 0.700. The van der Waals surface area contributed by atoms with Crippen LogP contribution in [0.25, 0.3) is 0 Å². The maximum absolute atomic E-state index is 11.5. The summed E-state index contributed by atoms with van der Waals surface area (Å²) in [6.07, 6.45) is 0. The molecule has 1 saturated heterocycles. The van der Waals surface area contributed by atoms with Crippen LogP contribution in [-0.2, 0) is 16.4 Å². The molecule has 2 heterocycles. The van der Waals surface area contributed by atoms with E-state index in [0.717, 1.165) is 10.7 Å². The minimum absolute atomic E-state index is 0.0953. The largest absolute Gasteiger partial charge is 0.325 e. The second-order valence-electron chi connectivity index (χ2n) is 4.58. The Labute approximate surface area is 106 Å². The first-order valence-electron chi connectivity index (χ1n) is 5.44. The number of aryl methyl sites for hydroxylation is 1. The number of rotatable bonds is 3. The molecule has 7 heteroatoms. The summed E-state index contributed by atoms with van der Waals surface area (Å²) in [5, 5.41) is 3.03. The molecule has 2 rings (SSSR count). The van der Waals surface area contributed by atoms with Crippen LogP contribution in [-0.4, -0.2) is 48.9 Å². The molecule has 1 fully saturated rings. The van der Waals surface area contributed by atoms with Crippen LogP contribution in [0.4, 0.5) is 0 Å². The summed E-state index contributed by atoms with van der Waals surface area (Å²) in [4.78, 5) is 6.36. The van der Waals surface area contributed by atoms with Crippen molar-refractivity contribution in [2.75, 3.05) is 18.6 Å². The Kier molecular flexibility index (Phi) is 3.53. The number of likely N-dealkylation sites (N-methyl/N-ethyl adjacent to an activating group) is 1. The fourth-order valence-corrected chi connectivity index (χ4v) is 4.73. The summed E-state index contributed by atoms with van der Waals surface area (Å²) in [6, 6.07) is -0.383. The molecule has 17 heavy (non-hydrogen) atoms. The highest BCUT2D eigenvalue weighted by Crippen LogP contribution is 2.18. The topological polar surface area (TPSA) is 76.3 Å². The third-order valence-corrected chi connectivity index (χ3v) is 5.57. The predicted molar refractivity (Wildman–Crippen MR) is 68.7 cm³/mol. The molecule has 0 aromatic carbocycles. The third-order valence-electron chi connectivity index (χ3n) is 3.01. The molecule has 0 bridgehead atoms. The van der Waals surface area contributed by atoms with E-state index in [1.807, 2.05) is 24.3 Å². The minimum Gasteiger partial charge on any atom is -0.325 e. The molecule has 96 valence electrons. The van der Waals surface area contributed by atoms with Crippen LogP contribution in [0.5, 0.6) is 0 Å². The number of aromatic nitrogens is 1. The summed E-state index contributed by atoms with van der Waals surface area (Å²) >= 11 is 1.60. The highest BCUT2D eigenvalue weighted by Gasteiger charge is 2.37. The molecule has 2 unspecified atom stereocenters. The first kappa shape index (κ1) is 12.9. The van der Waals surface area contributed by atoms with Gasteiger partial charge in [-0.05, 0) is 14.0 Å². The Hall–Kier alpha value is -0.500. The van der Waals surface area contributed by atoms with Crippen molar-refractivity contribution in [3.8, 4) is 0 Å². The molecule has 0 amide bonds. The summed E-state index contributed by atoms with van der Waals surface area (Å²) in [7, 11) is -1.06. The highest BCUT2D eigenvalue weighted by molar-refractivity contribution is 7.91. The van der Waals surface area contributed by atoms with E-state index in [0.29, 0.717) is 6.54 Å². The third kappa shape index (κ3) is 3.04. The van der Waals surface area contributed by atoms with E-state index in [4.69, 9.17) is 5.73 Å². The van der Waals surface area contributed by atoms with Crippen LogP contribution >= 0.6 is 11.3 Å². The van der Waals surface area contributed by atoms with Crippen molar-refractivity contribution in [2.24, 2.45) is 5.73 Å². The standard InChI is InChI=1S/C10H17N3O2S2/c1-7-12-8(4-16-7)3-13(2)10-6-17(14,15)5-9(10)11/h4,9-10H,3,5-6,11H2,1-2H3. The Balaban J connectivity index is 2.03. The molecule has 5 nitrogen and oxygen atoms in total. The summed E-state index contributed by atoms with van der Waals surface area (Å²) in [6.45, 7) is 2.61. The lowest BCUT2D eigenvalue weighted by atomic mass is 10.1. The molecule has 1 aromatic rings. The molecule has 2 atom stereocenters. The summed E-state index contributed by atoms with van der Waals surface area (Å²) < 4.78 is 23.0. The van der Waals surface area contributed by atoms with Crippen molar-refractivity contribution >= 4 is 21.2 Å². The van der Waals surface area contributed by atoms with Crippen molar-refractivity contribution in [3.63, 3.8) is 0 Å². The van der Waals surface area contributed by atoms with Gasteiger partial charge in [0.25, 0.3) is 0 Å². The second-order valence-corrected chi connectivity index (χ2v) is 7.80. The van der Waals surface area contributed by atoms with Crippen molar-refractivity contribution in [3.05, 3.63) is 16.1 Å². The number of hydrogen-bond donors (Lipinski definition) is 1. The van der Waals surface area contributed by atoms with Gasteiger partial charge in [-0.1, -0.05) is 0 Å². The van der Waals surface area contributed by atoms with E-state index in [1.54, 1.807) is 11.3 Å². The van der Waals surface area contributed by atoms with Gasteiger partial charge in [0, 0.05) is 24.0 Å². The van der Waals surface area contributed by atoms with Crippen molar-refractivity contribution < 1.29 is 8.42 Å². The molecule has 1 aliphatic rings. The van der Waals surface area contributed by atoms with Gasteiger partial charge in [-0.3, -0.25) is 4.90 Å². The molecule has 1 aromatic heterocycles. The molecular formula is C10H17N3O2S2. The van der Waals surface area contributed by atoms with Crippen LogP contribution in [0, 0.1) is 6.92 Å². The second kappa shape index (κ2) is 4.64. The van der Waals surface area contributed by atoms with E-state index >= 15 is 0 Å². The van der Waals surface area contributed by atoms with Gasteiger partial charge in [0.15, 0.2) is 9.84 Å². The quantitative estimate of drug-likeness (QED) is 0.841.